The highest BCUT2D eigenvalue weighted by Gasteiger charge is 2.35. The summed E-state index contributed by atoms with van der Waals surface area (Å²) in [5.41, 5.74) is 1.28. The van der Waals surface area contributed by atoms with Crippen LogP contribution in [0.25, 0.3) is 0 Å². The molecule has 10 heteroatoms. The van der Waals surface area contributed by atoms with Crippen molar-refractivity contribution in [3.05, 3.63) is 59.7 Å². The van der Waals surface area contributed by atoms with Crippen LogP contribution in [-0.4, -0.2) is 73.2 Å². The van der Waals surface area contributed by atoms with E-state index in [1.54, 1.807) is 38.3 Å². The van der Waals surface area contributed by atoms with Gasteiger partial charge in [-0.05, 0) is 52.0 Å². The monoisotopic (exact) mass is 526 g/mol. The topological polar surface area (TPSA) is 131 Å². The van der Waals surface area contributed by atoms with Crippen LogP contribution in [0.15, 0.2) is 58.5 Å². The lowest BCUT2D eigenvalue weighted by Crippen LogP contribution is -2.38. The molecule has 2 aromatic carbocycles. The SMILES string of the molecule is C.CCNC(=O)[C@H]1N=C(c2ccccc2O)O[C@@H]1C.CCNC(=O)[C@H]1N=C(c2ccccc2OC)O[C@@H]1C. The van der Waals surface area contributed by atoms with Gasteiger partial charge in [0.1, 0.15) is 23.7 Å². The van der Waals surface area contributed by atoms with E-state index in [-0.39, 0.29) is 37.2 Å². The number of hydrogen-bond donors (Lipinski definition) is 3. The molecular weight excluding hydrogens is 488 g/mol. The highest BCUT2D eigenvalue weighted by Crippen LogP contribution is 2.25. The van der Waals surface area contributed by atoms with Gasteiger partial charge in [-0.2, -0.15) is 0 Å². The number of phenols is 1. The number of hydrogen-bond acceptors (Lipinski definition) is 8. The largest absolute Gasteiger partial charge is 0.507 e. The number of benzene rings is 2. The second-order valence-electron chi connectivity index (χ2n) is 8.41. The van der Waals surface area contributed by atoms with Gasteiger partial charge in [-0.25, -0.2) is 9.98 Å². The van der Waals surface area contributed by atoms with Crippen LogP contribution in [0.1, 0.15) is 46.2 Å². The second kappa shape index (κ2) is 14.0. The molecule has 0 aromatic heterocycles. The molecule has 4 rings (SSSR count). The van der Waals surface area contributed by atoms with Crippen molar-refractivity contribution < 1.29 is 28.9 Å². The molecule has 206 valence electrons. The Morgan fingerprint density at radius 3 is 1.76 bits per heavy atom. The van der Waals surface area contributed by atoms with Crippen LogP contribution >= 0.6 is 0 Å². The van der Waals surface area contributed by atoms with Gasteiger partial charge in [0.25, 0.3) is 0 Å². The Bertz CT molecular complexity index is 1170. The molecule has 0 unspecified atom stereocenters. The minimum Gasteiger partial charge on any atom is -0.507 e. The number of amides is 2. The summed E-state index contributed by atoms with van der Waals surface area (Å²) in [6.07, 6.45) is -0.599. The molecule has 38 heavy (non-hydrogen) atoms. The van der Waals surface area contributed by atoms with Crippen LogP contribution in [0.2, 0.25) is 0 Å². The van der Waals surface area contributed by atoms with Crippen molar-refractivity contribution in [2.45, 2.75) is 59.4 Å². The lowest BCUT2D eigenvalue weighted by Gasteiger charge is -2.12. The number of nitrogens with zero attached hydrogens (tertiary/aromatic N) is 2. The Kier molecular flexibility index (Phi) is 11.1. The van der Waals surface area contributed by atoms with E-state index in [1.807, 2.05) is 45.0 Å². The van der Waals surface area contributed by atoms with Gasteiger partial charge in [0.05, 0.1) is 18.2 Å². The smallest absolute Gasteiger partial charge is 0.248 e. The third-order valence-electron chi connectivity index (χ3n) is 5.71. The van der Waals surface area contributed by atoms with Gasteiger partial charge < -0.3 is 30.0 Å². The van der Waals surface area contributed by atoms with Gasteiger partial charge in [0, 0.05) is 13.1 Å². The zero-order valence-electron chi connectivity index (χ0n) is 21.7. The average molecular weight is 527 g/mol. The number of rotatable bonds is 7. The quantitative estimate of drug-likeness (QED) is 0.508. The number of carbonyl (C=O) groups is 2. The summed E-state index contributed by atoms with van der Waals surface area (Å²) in [6, 6.07) is 13.2. The zero-order chi connectivity index (χ0) is 26.9. The van der Waals surface area contributed by atoms with Gasteiger partial charge in [0.15, 0.2) is 12.1 Å². The third kappa shape index (κ3) is 7.02. The number of methoxy groups -OCH3 is 1. The van der Waals surface area contributed by atoms with E-state index >= 15 is 0 Å². The molecule has 2 aliphatic heterocycles. The van der Waals surface area contributed by atoms with E-state index in [4.69, 9.17) is 14.2 Å². The lowest BCUT2D eigenvalue weighted by atomic mass is 10.2. The molecule has 0 spiro atoms. The fraction of sp³-hybridized carbons (Fsp3) is 0.429. The fourth-order valence-electron chi connectivity index (χ4n) is 3.85. The van der Waals surface area contributed by atoms with E-state index in [1.165, 1.54) is 0 Å². The minimum absolute atomic E-state index is 0. The minimum atomic E-state index is -0.556. The Hall–Kier alpha value is -4.08. The lowest BCUT2D eigenvalue weighted by molar-refractivity contribution is -0.124. The van der Waals surface area contributed by atoms with Crippen LogP contribution < -0.4 is 15.4 Å². The summed E-state index contributed by atoms with van der Waals surface area (Å²) in [5, 5.41) is 15.2. The molecule has 0 aliphatic carbocycles. The van der Waals surface area contributed by atoms with Crippen molar-refractivity contribution in [1.82, 2.24) is 10.6 Å². The summed E-state index contributed by atoms with van der Waals surface area (Å²) in [4.78, 5) is 32.2. The van der Waals surface area contributed by atoms with Crippen molar-refractivity contribution >= 4 is 23.6 Å². The predicted octanol–water partition coefficient (Wildman–Crippen LogP) is 3.06. The summed E-state index contributed by atoms with van der Waals surface area (Å²) in [6.45, 7) is 8.50. The highest BCUT2D eigenvalue weighted by molar-refractivity contribution is 6.01. The number of para-hydroxylation sites is 2. The molecule has 0 saturated heterocycles. The third-order valence-corrected chi connectivity index (χ3v) is 5.71. The van der Waals surface area contributed by atoms with Crippen LogP contribution in [0.5, 0.6) is 11.5 Å². The normalized spacial score (nSPS) is 21.3. The molecule has 10 nitrogen and oxygen atoms in total. The van der Waals surface area contributed by atoms with Crippen LogP contribution in [0, 0.1) is 0 Å². The summed E-state index contributed by atoms with van der Waals surface area (Å²) in [7, 11) is 1.60. The number of phenolic OH excluding ortho intramolecular Hbond substituents is 1. The molecule has 0 radical (unpaired) electrons. The van der Waals surface area contributed by atoms with Crippen LogP contribution in [0.3, 0.4) is 0 Å². The van der Waals surface area contributed by atoms with Gasteiger partial charge in [-0.1, -0.05) is 31.7 Å². The number of nitrogens with one attached hydrogen (secondary N) is 2. The summed E-state index contributed by atoms with van der Waals surface area (Å²) < 4.78 is 16.5. The number of carbonyl (C=O) groups excluding carboxylic acids is 2. The van der Waals surface area contributed by atoms with Crippen molar-refractivity contribution in [1.29, 1.82) is 0 Å². The van der Waals surface area contributed by atoms with Crippen LogP contribution in [0.4, 0.5) is 0 Å². The first kappa shape index (κ1) is 30.1. The second-order valence-corrected chi connectivity index (χ2v) is 8.41. The maximum absolute atomic E-state index is 11.9. The van der Waals surface area contributed by atoms with Crippen molar-refractivity contribution in [3.63, 3.8) is 0 Å². The number of aromatic hydroxyl groups is 1. The Morgan fingerprint density at radius 1 is 0.842 bits per heavy atom. The molecule has 4 atom stereocenters. The van der Waals surface area contributed by atoms with E-state index in [9.17, 15) is 14.7 Å². The average Bonchev–Trinajstić information content (AvgIpc) is 3.47. The summed E-state index contributed by atoms with van der Waals surface area (Å²) >= 11 is 0. The molecule has 0 bridgehead atoms. The van der Waals surface area contributed by atoms with Crippen LogP contribution in [-0.2, 0) is 19.1 Å². The first-order chi connectivity index (χ1) is 17.8. The van der Waals surface area contributed by atoms with E-state index in [2.05, 4.69) is 20.6 Å². The van der Waals surface area contributed by atoms with Gasteiger partial charge >= 0.3 is 0 Å². The molecule has 3 N–H and O–H groups in total. The predicted molar refractivity (Wildman–Crippen MR) is 147 cm³/mol. The highest BCUT2D eigenvalue weighted by atomic mass is 16.5. The maximum atomic E-state index is 11.9. The fourth-order valence-corrected chi connectivity index (χ4v) is 3.85. The van der Waals surface area contributed by atoms with Gasteiger partial charge in [-0.15, -0.1) is 0 Å². The van der Waals surface area contributed by atoms with Gasteiger partial charge in [0.2, 0.25) is 23.6 Å². The standard InChI is InChI=1S/C14H18N2O3.C13H16N2O3.CH4/c1-4-15-13(17)12-9(2)19-14(16-12)10-7-5-6-8-11(10)18-3;1-3-14-12(17)11-8(2)18-13(15-11)9-6-4-5-7-10(9)16;/h5-9,12H,4H2,1-3H3,(H,15,17);4-8,11,16H,3H2,1-2H3,(H,14,17);1H4/t9-,12+;8-,11+;/m11./s1. The van der Waals surface area contributed by atoms with Crippen molar-refractivity contribution in [2.75, 3.05) is 20.2 Å². The molecule has 2 heterocycles. The number of ether oxygens (including phenoxy) is 3. The first-order valence-corrected chi connectivity index (χ1v) is 12.3. The molecule has 2 amide bonds. The molecular formula is C28H38N4O6. The van der Waals surface area contributed by atoms with E-state index < -0.39 is 12.1 Å². The first-order valence-electron chi connectivity index (χ1n) is 12.3. The Morgan fingerprint density at radius 2 is 1.29 bits per heavy atom. The molecule has 2 aromatic rings. The van der Waals surface area contributed by atoms with E-state index in [0.29, 0.717) is 36.2 Å². The molecule has 0 fully saturated rings. The molecule has 0 saturated carbocycles. The Balaban J connectivity index is 0.000000260. The van der Waals surface area contributed by atoms with Gasteiger partial charge in [-0.3, -0.25) is 9.59 Å². The molecule has 2 aliphatic rings. The zero-order valence-corrected chi connectivity index (χ0v) is 21.7. The van der Waals surface area contributed by atoms with Crippen molar-refractivity contribution in [2.24, 2.45) is 9.98 Å². The summed E-state index contributed by atoms with van der Waals surface area (Å²) in [5.74, 6) is 1.29. The number of aliphatic imine (C=N–C) groups is 2. The van der Waals surface area contributed by atoms with E-state index in [0.717, 1.165) is 5.56 Å². The maximum Gasteiger partial charge on any atom is 0.248 e. The number of likely N-dealkylation sites (N-methyl/N-ethyl adjacent to an activating group) is 2. The van der Waals surface area contributed by atoms with Crippen molar-refractivity contribution in [3.8, 4) is 11.5 Å². The Labute approximate surface area is 224 Å².